The Labute approximate surface area is 148 Å². The summed E-state index contributed by atoms with van der Waals surface area (Å²) in [7, 11) is 0. The summed E-state index contributed by atoms with van der Waals surface area (Å²) in [6.45, 7) is -4.52. The van der Waals surface area contributed by atoms with Crippen molar-refractivity contribution in [1.29, 1.82) is 0 Å². The van der Waals surface area contributed by atoms with Gasteiger partial charge in [0.1, 0.15) is 11.5 Å². The van der Waals surface area contributed by atoms with E-state index in [-0.39, 0.29) is 39.8 Å². The molecule has 0 aliphatic rings. The fraction of sp³-hybridized carbons (Fsp3) is 0.250. The van der Waals surface area contributed by atoms with Crippen molar-refractivity contribution in [3.63, 3.8) is 0 Å². The SMILES string of the molecule is O=P(O)(O)Sc1cc(O)ccc1C(O)(O)CCCc1ccc(O)cc1. The Balaban J connectivity index is 2.12. The molecular weight excluding hydrogens is 367 g/mol. The first-order valence-corrected chi connectivity index (χ1v) is 10.4. The van der Waals surface area contributed by atoms with E-state index in [0.717, 1.165) is 11.6 Å². The maximum absolute atomic E-state index is 11.2. The largest absolute Gasteiger partial charge is 0.508 e. The Bertz CT molecular complexity index is 771. The lowest BCUT2D eigenvalue weighted by atomic mass is 9.98. The van der Waals surface area contributed by atoms with Gasteiger partial charge in [-0.15, -0.1) is 0 Å². The molecule has 0 saturated heterocycles. The van der Waals surface area contributed by atoms with Gasteiger partial charge < -0.3 is 30.2 Å². The molecule has 0 unspecified atom stereocenters. The van der Waals surface area contributed by atoms with Crippen molar-refractivity contribution >= 4 is 18.2 Å². The fourth-order valence-electron chi connectivity index (χ4n) is 2.38. The van der Waals surface area contributed by atoms with Crippen molar-refractivity contribution in [3.8, 4) is 11.5 Å². The number of aryl methyl sites for hydroxylation is 1. The van der Waals surface area contributed by atoms with Gasteiger partial charge in [0.25, 0.3) is 0 Å². The number of aromatic hydroxyl groups is 2. The van der Waals surface area contributed by atoms with Crippen LogP contribution in [0, 0.1) is 0 Å². The van der Waals surface area contributed by atoms with E-state index < -0.39 is 12.6 Å². The zero-order valence-corrected chi connectivity index (χ0v) is 14.8. The van der Waals surface area contributed by atoms with Gasteiger partial charge in [0.15, 0.2) is 5.79 Å². The van der Waals surface area contributed by atoms with Crippen LogP contribution in [0.5, 0.6) is 11.5 Å². The van der Waals surface area contributed by atoms with Crippen LogP contribution in [0.2, 0.25) is 0 Å². The van der Waals surface area contributed by atoms with Crippen LogP contribution in [0.1, 0.15) is 24.0 Å². The van der Waals surface area contributed by atoms with E-state index >= 15 is 0 Å². The zero-order chi connectivity index (χ0) is 18.7. The molecule has 0 spiro atoms. The average molecular weight is 386 g/mol. The number of hydrogen-bond donors (Lipinski definition) is 6. The second-order valence-corrected chi connectivity index (χ2v) is 9.18. The summed E-state index contributed by atoms with van der Waals surface area (Å²) in [5, 5.41) is 39.4. The highest BCUT2D eigenvalue weighted by Crippen LogP contribution is 2.56. The van der Waals surface area contributed by atoms with Gasteiger partial charge in [0.2, 0.25) is 0 Å². The van der Waals surface area contributed by atoms with E-state index in [1.807, 2.05) is 0 Å². The van der Waals surface area contributed by atoms with E-state index in [9.17, 15) is 25.0 Å². The summed E-state index contributed by atoms with van der Waals surface area (Å²) in [6, 6.07) is 10.1. The molecule has 9 heteroatoms. The third kappa shape index (κ3) is 6.04. The smallest absolute Gasteiger partial charge is 0.388 e. The molecule has 0 aliphatic heterocycles. The van der Waals surface area contributed by atoms with Gasteiger partial charge in [-0.2, -0.15) is 0 Å². The van der Waals surface area contributed by atoms with Crippen molar-refractivity contribution in [2.24, 2.45) is 0 Å². The van der Waals surface area contributed by atoms with Crippen LogP contribution in [-0.4, -0.2) is 30.2 Å². The molecule has 0 radical (unpaired) electrons. The lowest BCUT2D eigenvalue weighted by Crippen LogP contribution is -2.26. The van der Waals surface area contributed by atoms with E-state index in [0.29, 0.717) is 12.8 Å². The Kier molecular flexibility index (Phi) is 6.16. The molecule has 0 aromatic heterocycles. The number of phenols is 2. The minimum atomic E-state index is -4.52. The summed E-state index contributed by atoms with van der Waals surface area (Å²) in [6.07, 6.45) is 0.842. The van der Waals surface area contributed by atoms with E-state index in [2.05, 4.69) is 0 Å². The minimum Gasteiger partial charge on any atom is -0.508 e. The Morgan fingerprint density at radius 2 is 1.56 bits per heavy atom. The molecule has 6 N–H and O–H groups in total. The average Bonchev–Trinajstić information content (AvgIpc) is 2.47. The van der Waals surface area contributed by atoms with Crippen LogP contribution in [-0.2, 0) is 16.8 Å². The topological polar surface area (TPSA) is 138 Å². The van der Waals surface area contributed by atoms with Crippen LogP contribution >= 0.6 is 18.2 Å². The van der Waals surface area contributed by atoms with Crippen LogP contribution in [0.15, 0.2) is 47.4 Å². The van der Waals surface area contributed by atoms with Gasteiger partial charge in [0, 0.05) is 16.9 Å². The summed E-state index contributed by atoms with van der Waals surface area (Å²) < 4.78 is 11.2. The van der Waals surface area contributed by atoms with Gasteiger partial charge in [-0.25, -0.2) is 4.57 Å². The highest BCUT2D eigenvalue weighted by molar-refractivity contribution is 8.54. The molecule has 2 aromatic rings. The second kappa shape index (κ2) is 7.78. The van der Waals surface area contributed by atoms with E-state index in [1.54, 1.807) is 12.1 Å². The van der Waals surface area contributed by atoms with E-state index in [4.69, 9.17) is 9.79 Å². The molecular formula is C16H19O7PS. The van der Waals surface area contributed by atoms with Crippen molar-refractivity contribution in [2.75, 3.05) is 0 Å². The number of benzene rings is 2. The quantitative estimate of drug-likeness (QED) is 0.315. The van der Waals surface area contributed by atoms with Gasteiger partial charge in [-0.3, -0.25) is 0 Å². The summed E-state index contributed by atoms with van der Waals surface area (Å²) in [5.74, 6) is -2.40. The molecule has 0 saturated carbocycles. The number of aliphatic hydroxyl groups is 2. The summed E-state index contributed by atoms with van der Waals surface area (Å²) in [5.41, 5.74) is 0.827. The third-order valence-corrected chi connectivity index (χ3v) is 5.62. The van der Waals surface area contributed by atoms with E-state index in [1.165, 1.54) is 24.3 Å². The molecule has 136 valence electrons. The highest BCUT2D eigenvalue weighted by atomic mass is 32.7. The fourth-order valence-corrected chi connectivity index (χ4v) is 4.36. The monoisotopic (exact) mass is 386 g/mol. The number of hydrogen-bond acceptors (Lipinski definition) is 6. The Morgan fingerprint density at radius 3 is 2.16 bits per heavy atom. The molecule has 0 heterocycles. The first-order valence-electron chi connectivity index (χ1n) is 7.38. The molecule has 0 aliphatic carbocycles. The first kappa shape index (κ1) is 19.8. The normalized spacial score (nSPS) is 12.3. The molecule has 0 amide bonds. The van der Waals surface area contributed by atoms with Gasteiger partial charge in [0.05, 0.1) is 0 Å². The van der Waals surface area contributed by atoms with Crippen LogP contribution in [0.4, 0.5) is 0 Å². The number of rotatable bonds is 7. The first-order chi connectivity index (χ1) is 11.6. The lowest BCUT2D eigenvalue weighted by Gasteiger charge is -2.25. The Morgan fingerprint density at radius 1 is 0.960 bits per heavy atom. The molecule has 25 heavy (non-hydrogen) atoms. The molecule has 7 nitrogen and oxygen atoms in total. The predicted octanol–water partition coefficient (Wildman–Crippen LogP) is 2.44. The highest BCUT2D eigenvalue weighted by Gasteiger charge is 2.31. The standard InChI is InChI=1S/C16H19O7PS/c17-12-5-3-11(4-6-12)2-1-9-16(19,20)14-8-7-13(18)10-15(14)25-24(21,22)23/h3-8,10,17-20H,1-2,9H2,(H2,21,22,23). The maximum Gasteiger partial charge on any atom is 0.388 e. The maximum atomic E-state index is 11.2. The Hall–Kier alpha value is -1.54. The molecule has 0 fully saturated rings. The van der Waals surface area contributed by atoms with Gasteiger partial charge in [-0.1, -0.05) is 12.1 Å². The van der Waals surface area contributed by atoms with Crippen molar-refractivity contribution < 1.29 is 34.8 Å². The van der Waals surface area contributed by atoms with Crippen molar-refractivity contribution in [1.82, 2.24) is 0 Å². The minimum absolute atomic E-state index is 0.0760. The predicted molar refractivity (Wildman–Crippen MR) is 93.2 cm³/mol. The lowest BCUT2D eigenvalue weighted by molar-refractivity contribution is -0.177. The van der Waals surface area contributed by atoms with Gasteiger partial charge >= 0.3 is 6.80 Å². The van der Waals surface area contributed by atoms with Gasteiger partial charge in [-0.05, 0) is 60.1 Å². The number of phenolic OH excluding ortho intramolecular Hbond substituents is 2. The van der Waals surface area contributed by atoms with Crippen molar-refractivity contribution in [3.05, 3.63) is 53.6 Å². The molecule has 0 bridgehead atoms. The van der Waals surface area contributed by atoms with Crippen LogP contribution in [0.3, 0.4) is 0 Å². The van der Waals surface area contributed by atoms with Crippen molar-refractivity contribution in [2.45, 2.75) is 29.9 Å². The summed E-state index contributed by atoms with van der Waals surface area (Å²) >= 11 is 0.159. The zero-order valence-electron chi connectivity index (χ0n) is 13.1. The molecule has 2 aromatic carbocycles. The molecule has 2 rings (SSSR count). The third-order valence-electron chi connectivity index (χ3n) is 3.54. The second-order valence-electron chi connectivity index (χ2n) is 5.60. The van der Waals surface area contributed by atoms with Crippen LogP contribution in [0.25, 0.3) is 0 Å². The summed E-state index contributed by atoms with van der Waals surface area (Å²) in [4.78, 5) is 18.1. The molecule has 0 atom stereocenters. The van der Waals surface area contributed by atoms with Crippen LogP contribution < -0.4 is 0 Å².